The summed E-state index contributed by atoms with van der Waals surface area (Å²) in [7, 11) is 1.74. The average Bonchev–Trinajstić information content (AvgIpc) is 3.11. The van der Waals surface area contributed by atoms with Gasteiger partial charge in [-0.3, -0.25) is 0 Å². The molecule has 2 heterocycles. The van der Waals surface area contributed by atoms with Gasteiger partial charge in [0.1, 0.15) is 18.3 Å². The highest BCUT2D eigenvalue weighted by Crippen LogP contribution is 2.40. The van der Waals surface area contributed by atoms with E-state index in [9.17, 15) is 0 Å². The second kappa shape index (κ2) is 5.95. The molecule has 1 fully saturated rings. The summed E-state index contributed by atoms with van der Waals surface area (Å²) < 4.78 is 13.4. The average molecular weight is 287 g/mol. The van der Waals surface area contributed by atoms with Crippen molar-refractivity contribution in [3.05, 3.63) is 48.0 Å². The van der Waals surface area contributed by atoms with Crippen LogP contribution in [0.3, 0.4) is 0 Å². The molecule has 5 heteroatoms. The quantitative estimate of drug-likeness (QED) is 0.845. The van der Waals surface area contributed by atoms with E-state index in [4.69, 9.17) is 9.47 Å². The van der Waals surface area contributed by atoms with Gasteiger partial charge in [0, 0.05) is 13.0 Å². The third-order valence-electron chi connectivity index (χ3n) is 4.08. The minimum atomic E-state index is -0.343. The molecule has 0 saturated carbocycles. The van der Waals surface area contributed by atoms with Gasteiger partial charge in [-0.25, -0.2) is 9.67 Å². The summed E-state index contributed by atoms with van der Waals surface area (Å²) in [6.07, 6.45) is 4.23. The van der Waals surface area contributed by atoms with Crippen LogP contribution < -0.4 is 0 Å². The number of ether oxygens (including phenoxy) is 2. The Bertz CT molecular complexity index is 568. The molecule has 1 aliphatic rings. The number of rotatable bonds is 5. The Morgan fingerprint density at radius 2 is 2.19 bits per heavy atom. The van der Waals surface area contributed by atoms with E-state index in [-0.39, 0.29) is 5.60 Å². The first-order chi connectivity index (χ1) is 10.2. The number of hydrogen-bond donors (Lipinski definition) is 0. The predicted molar refractivity (Wildman–Crippen MR) is 78.8 cm³/mol. The molecule has 0 amide bonds. The standard InChI is InChI=1S/C16H21N3O2/c1-13-3-5-15(6-4-13)16(10-19-12-17-11-18-19)7-14(8-20-2)9-21-16/h3-6,11-12,14H,7-10H2,1-2H3/t14-,16+/m1/s1. The van der Waals surface area contributed by atoms with Gasteiger partial charge in [-0.15, -0.1) is 0 Å². The van der Waals surface area contributed by atoms with Crippen molar-refractivity contribution in [1.29, 1.82) is 0 Å². The summed E-state index contributed by atoms with van der Waals surface area (Å²) in [5, 5.41) is 4.23. The number of nitrogens with zero attached hydrogens (tertiary/aromatic N) is 3. The van der Waals surface area contributed by atoms with Crippen LogP contribution in [0.2, 0.25) is 0 Å². The largest absolute Gasteiger partial charge is 0.384 e. The van der Waals surface area contributed by atoms with Crippen LogP contribution in [0, 0.1) is 12.8 Å². The molecule has 0 aliphatic carbocycles. The van der Waals surface area contributed by atoms with Gasteiger partial charge in [0.15, 0.2) is 0 Å². The van der Waals surface area contributed by atoms with E-state index in [1.165, 1.54) is 11.1 Å². The van der Waals surface area contributed by atoms with Crippen molar-refractivity contribution in [3.63, 3.8) is 0 Å². The maximum atomic E-state index is 6.24. The molecule has 0 bridgehead atoms. The minimum absolute atomic E-state index is 0.343. The van der Waals surface area contributed by atoms with Gasteiger partial charge < -0.3 is 9.47 Å². The van der Waals surface area contributed by atoms with Crippen molar-refractivity contribution in [1.82, 2.24) is 14.8 Å². The third-order valence-corrected chi connectivity index (χ3v) is 4.08. The van der Waals surface area contributed by atoms with Gasteiger partial charge in [-0.05, 0) is 18.9 Å². The number of aromatic nitrogens is 3. The highest BCUT2D eigenvalue weighted by Gasteiger charge is 2.42. The Hall–Kier alpha value is -1.72. The molecule has 0 N–H and O–H groups in total. The highest BCUT2D eigenvalue weighted by molar-refractivity contribution is 5.27. The molecule has 1 aromatic carbocycles. The second-order valence-electron chi connectivity index (χ2n) is 5.79. The number of aryl methyl sites for hydroxylation is 1. The van der Waals surface area contributed by atoms with E-state index in [0.29, 0.717) is 12.5 Å². The summed E-state index contributed by atoms with van der Waals surface area (Å²) in [6.45, 7) is 4.22. The van der Waals surface area contributed by atoms with Crippen LogP contribution in [0.25, 0.3) is 0 Å². The molecule has 21 heavy (non-hydrogen) atoms. The molecule has 3 rings (SSSR count). The lowest BCUT2D eigenvalue weighted by molar-refractivity contribution is -0.0183. The lowest BCUT2D eigenvalue weighted by Gasteiger charge is -2.29. The summed E-state index contributed by atoms with van der Waals surface area (Å²) in [5.74, 6) is 0.417. The maximum absolute atomic E-state index is 6.24. The van der Waals surface area contributed by atoms with E-state index >= 15 is 0 Å². The highest BCUT2D eigenvalue weighted by atomic mass is 16.5. The third kappa shape index (κ3) is 2.99. The number of methoxy groups -OCH3 is 1. The Balaban J connectivity index is 1.89. The first-order valence-electron chi connectivity index (χ1n) is 7.24. The molecule has 1 aromatic heterocycles. The molecule has 0 radical (unpaired) electrons. The van der Waals surface area contributed by atoms with E-state index < -0.39 is 0 Å². The van der Waals surface area contributed by atoms with E-state index in [1.54, 1.807) is 19.8 Å². The zero-order valence-electron chi connectivity index (χ0n) is 12.5. The number of hydrogen-bond acceptors (Lipinski definition) is 4. The first-order valence-corrected chi connectivity index (χ1v) is 7.24. The van der Waals surface area contributed by atoms with Crippen molar-refractivity contribution in [2.75, 3.05) is 20.3 Å². The molecule has 1 saturated heterocycles. The topological polar surface area (TPSA) is 49.2 Å². The van der Waals surface area contributed by atoms with Crippen LogP contribution in [0.5, 0.6) is 0 Å². The van der Waals surface area contributed by atoms with Crippen LogP contribution in [0.1, 0.15) is 17.5 Å². The van der Waals surface area contributed by atoms with Crippen molar-refractivity contribution in [2.24, 2.45) is 5.92 Å². The Morgan fingerprint density at radius 3 is 2.86 bits per heavy atom. The van der Waals surface area contributed by atoms with Crippen LogP contribution in [-0.2, 0) is 21.6 Å². The molecule has 2 aromatic rings. The van der Waals surface area contributed by atoms with E-state index in [1.807, 2.05) is 4.68 Å². The lowest BCUT2D eigenvalue weighted by Crippen LogP contribution is -2.31. The normalized spacial score (nSPS) is 25.3. The maximum Gasteiger partial charge on any atom is 0.137 e. The first kappa shape index (κ1) is 14.2. The van der Waals surface area contributed by atoms with Crippen molar-refractivity contribution in [2.45, 2.75) is 25.5 Å². The molecular formula is C16H21N3O2. The fourth-order valence-corrected chi connectivity index (χ4v) is 3.04. The smallest absolute Gasteiger partial charge is 0.137 e. The zero-order chi connectivity index (χ0) is 14.7. The van der Waals surface area contributed by atoms with Crippen LogP contribution in [0.4, 0.5) is 0 Å². The zero-order valence-corrected chi connectivity index (χ0v) is 12.5. The van der Waals surface area contributed by atoms with Crippen LogP contribution in [0.15, 0.2) is 36.9 Å². The molecule has 2 atom stereocenters. The van der Waals surface area contributed by atoms with Crippen LogP contribution >= 0.6 is 0 Å². The Kier molecular flexibility index (Phi) is 4.03. The Morgan fingerprint density at radius 1 is 1.38 bits per heavy atom. The van der Waals surface area contributed by atoms with Gasteiger partial charge >= 0.3 is 0 Å². The molecule has 5 nitrogen and oxygen atoms in total. The fourth-order valence-electron chi connectivity index (χ4n) is 3.04. The molecule has 0 spiro atoms. The van der Waals surface area contributed by atoms with Crippen molar-refractivity contribution >= 4 is 0 Å². The summed E-state index contributed by atoms with van der Waals surface area (Å²) in [6, 6.07) is 8.57. The van der Waals surface area contributed by atoms with Gasteiger partial charge in [-0.2, -0.15) is 5.10 Å². The molecular weight excluding hydrogens is 266 g/mol. The number of benzene rings is 1. The summed E-state index contributed by atoms with van der Waals surface area (Å²) in [4.78, 5) is 4.03. The van der Waals surface area contributed by atoms with Crippen molar-refractivity contribution in [3.8, 4) is 0 Å². The van der Waals surface area contributed by atoms with E-state index in [2.05, 4.69) is 41.3 Å². The fraction of sp³-hybridized carbons (Fsp3) is 0.500. The second-order valence-corrected chi connectivity index (χ2v) is 5.79. The Labute approximate surface area is 124 Å². The van der Waals surface area contributed by atoms with Crippen LogP contribution in [-0.4, -0.2) is 35.1 Å². The minimum Gasteiger partial charge on any atom is -0.384 e. The van der Waals surface area contributed by atoms with Crippen molar-refractivity contribution < 1.29 is 9.47 Å². The molecule has 112 valence electrons. The van der Waals surface area contributed by atoms with E-state index in [0.717, 1.165) is 19.6 Å². The molecule has 0 unspecified atom stereocenters. The lowest BCUT2D eigenvalue weighted by atomic mass is 9.87. The SMILES string of the molecule is COC[C@@H]1CO[C@@](Cn2cncn2)(c2ccc(C)cc2)C1. The van der Waals surface area contributed by atoms with Gasteiger partial charge in [-0.1, -0.05) is 29.8 Å². The summed E-state index contributed by atoms with van der Waals surface area (Å²) in [5.41, 5.74) is 2.10. The summed E-state index contributed by atoms with van der Waals surface area (Å²) >= 11 is 0. The predicted octanol–water partition coefficient (Wildman–Crippen LogP) is 2.16. The molecule has 1 aliphatic heterocycles. The monoisotopic (exact) mass is 287 g/mol. The van der Waals surface area contributed by atoms with Gasteiger partial charge in [0.25, 0.3) is 0 Å². The van der Waals surface area contributed by atoms with Gasteiger partial charge in [0.2, 0.25) is 0 Å². The van der Waals surface area contributed by atoms with Gasteiger partial charge in [0.05, 0.1) is 19.8 Å².